The average molecular weight is 951 g/mol. The van der Waals surface area contributed by atoms with Gasteiger partial charge in [-0.1, -0.05) is 206 Å². The van der Waals surface area contributed by atoms with Gasteiger partial charge in [0.2, 0.25) is 0 Å². The fourth-order valence-corrected chi connectivity index (χ4v) is 7.43. The van der Waals surface area contributed by atoms with Crippen LogP contribution in [0.15, 0.2) is 206 Å². The van der Waals surface area contributed by atoms with Crippen molar-refractivity contribution in [2.75, 3.05) is 19.7 Å². The number of nitrogens with two attached hydrogens (primary N) is 5. The topological polar surface area (TPSA) is 264 Å². The summed E-state index contributed by atoms with van der Waals surface area (Å²) in [5.74, 6) is 0. The Morgan fingerprint density at radius 2 is 0.829 bits per heavy atom. The highest BCUT2D eigenvalue weighted by atomic mass is 16.3. The molecule has 7 aromatic carbocycles. The van der Waals surface area contributed by atoms with Gasteiger partial charge in [-0.05, 0) is 64.4 Å². The van der Waals surface area contributed by atoms with Gasteiger partial charge >= 0.3 is 0 Å². The third kappa shape index (κ3) is 19.1. The summed E-state index contributed by atoms with van der Waals surface area (Å²) in [4.78, 5) is 0. The van der Waals surface area contributed by atoms with Gasteiger partial charge in [0.15, 0.2) is 0 Å². The van der Waals surface area contributed by atoms with Crippen molar-refractivity contribution in [1.82, 2.24) is 5.32 Å². The predicted molar refractivity (Wildman–Crippen MR) is 282 cm³/mol. The molecular weight excluding hydrogens is 877 g/mol. The zero-order chi connectivity index (χ0) is 50.7. The van der Waals surface area contributed by atoms with Crippen molar-refractivity contribution in [3.05, 3.63) is 251 Å². The van der Waals surface area contributed by atoms with E-state index in [-0.39, 0.29) is 49.0 Å². The number of hydrogen-bond donors (Lipinski definition) is 12. The number of benzene rings is 7. The third-order valence-corrected chi connectivity index (χ3v) is 11.7. The molecule has 10 atom stereocenters. The fourth-order valence-electron chi connectivity index (χ4n) is 7.43. The van der Waals surface area contributed by atoms with Crippen LogP contribution in [-0.2, 0) is 6.42 Å². The van der Waals surface area contributed by atoms with Crippen molar-refractivity contribution >= 4 is 0 Å². The molecule has 10 unspecified atom stereocenters. The van der Waals surface area contributed by atoms with Gasteiger partial charge in [0, 0.05) is 19.0 Å². The minimum Gasteiger partial charge on any atom is -0.394 e. The van der Waals surface area contributed by atoms with Crippen LogP contribution in [0.1, 0.15) is 100 Å². The van der Waals surface area contributed by atoms with Crippen LogP contribution >= 0.6 is 0 Å². The second-order valence-electron chi connectivity index (χ2n) is 17.1. The molecule has 0 aromatic heterocycles. The van der Waals surface area contributed by atoms with E-state index in [9.17, 15) is 20.4 Å². The van der Waals surface area contributed by atoms with Crippen molar-refractivity contribution in [3.63, 3.8) is 0 Å². The Morgan fingerprint density at radius 3 is 1.14 bits per heavy atom. The van der Waals surface area contributed by atoms with Crippen LogP contribution in [0.2, 0.25) is 0 Å². The molecule has 1 aliphatic heterocycles. The highest BCUT2D eigenvalue weighted by Crippen LogP contribution is 2.29. The zero-order valence-electron chi connectivity index (χ0n) is 40.0. The van der Waals surface area contributed by atoms with Gasteiger partial charge in [-0.2, -0.15) is 0 Å². The average Bonchev–Trinajstić information content (AvgIpc) is 4.03. The van der Waals surface area contributed by atoms with Crippen LogP contribution in [-0.4, -0.2) is 68.6 Å². The van der Waals surface area contributed by atoms with E-state index in [1.54, 1.807) is 6.92 Å². The maximum atomic E-state index is 10.1. The van der Waals surface area contributed by atoms with Gasteiger partial charge in [-0.3, -0.25) is 0 Å². The van der Waals surface area contributed by atoms with E-state index in [0.29, 0.717) is 6.42 Å². The van der Waals surface area contributed by atoms with Crippen LogP contribution in [0.5, 0.6) is 0 Å². The van der Waals surface area contributed by atoms with Crippen LogP contribution < -0.4 is 34.0 Å². The van der Waals surface area contributed by atoms with Crippen molar-refractivity contribution in [3.8, 4) is 0 Å². The summed E-state index contributed by atoms with van der Waals surface area (Å²) in [5.41, 5.74) is 36.6. The number of fused-ring (bicyclic) bond motifs is 1. The lowest BCUT2D eigenvalue weighted by molar-refractivity contribution is 0.147. The molecule has 1 aliphatic carbocycles. The number of aliphatic hydroxyl groups is 6. The Bertz CT molecular complexity index is 2210. The molecule has 1 fully saturated rings. The number of aliphatic hydroxyl groups excluding tert-OH is 6. The number of rotatable bonds is 10. The summed E-state index contributed by atoms with van der Waals surface area (Å²) in [7, 11) is 0. The van der Waals surface area contributed by atoms with Crippen molar-refractivity contribution < 1.29 is 30.6 Å². The number of β-amino-alcohol motifs (C(OH)–C–C–N with tert-alkyl or cyclic N) is 1. The second-order valence-corrected chi connectivity index (χ2v) is 17.1. The lowest BCUT2D eigenvalue weighted by atomic mass is 9.97. The molecular formula is C58H74N6O6. The zero-order valence-corrected chi connectivity index (χ0v) is 40.0. The van der Waals surface area contributed by atoms with Gasteiger partial charge in [-0.15, -0.1) is 0 Å². The molecule has 372 valence electrons. The molecule has 0 radical (unpaired) electrons. The van der Waals surface area contributed by atoms with E-state index < -0.39 is 18.3 Å². The first-order valence-electron chi connectivity index (χ1n) is 23.7. The third-order valence-electron chi connectivity index (χ3n) is 11.7. The maximum Gasteiger partial charge on any atom is 0.0982 e. The number of nitrogens with one attached hydrogen (secondary N) is 1. The summed E-state index contributed by atoms with van der Waals surface area (Å²) in [5, 5.41) is 59.5. The molecule has 1 saturated heterocycles. The molecule has 70 heavy (non-hydrogen) atoms. The van der Waals surface area contributed by atoms with E-state index in [1.165, 1.54) is 5.56 Å². The Labute approximate surface area is 414 Å². The second kappa shape index (κ2) is 31.3. The van der Waals surface area contributed by atoms with Crippen molar-refractivity contribution in [2.24, 2.45) is 28.7 Å². The Morgan fingerprint density at radius 1 is 0.486 bits per heavy atom. The number of hydrogen-bond acceptors (Lipinski definition) is 12. The Hall–Kier alpha value is -5.94. The minimum atomic E-state index is -0.663. The molecule has 12 heteroatoms. The lowest BCUT2D eigenvalue weighted by Gasteiger charge is -2.19. The summed E-state index contributed by atoms with van der Waals surface area (Å²) in [6.45, 7) is 3.57. The highest BCUT2D eigenvalue weighted by Gasteiger charge is 2.27. The first kappa shape index (κ1) is 56.6. The first-order valence-corrected chi connectivity index (χ1v) is 23.7. The summed E-state index contributed by atoms with van der Waals surface area (Å²) in [6, 6.07) is 63.8. The van der Waals surface area contributed by atoms with Gasteiger partial charge in [0.1, 0.15) is 0 Å². The summed E-state index contributed by atoms with van der Waals surface area (Å²) >= 11 is 0. The van der Waals surface area contributed by atoms with Gasteiger partial charge in [0.05, 0.1) is 61.3 Å². The fraction of sp³-hybridized carbons (Fsp3) is 0.276. The molecule has 0 spiro atoms. The van der Waals surface area contributed by atoms with Crippen molar-refractivity contribution in [1.29, 1.82) is 0 Å². The largest absolute Gasteiger partial charge is 0.394 e. The maximum absolute atomic E-state index is 10.1. The quantitative estimate of drug-likeness (QED) is 0.0699. The van der Waals surface area contributed by atoms with Gasteiger partial charge < -0.3 is 64.6 Å². The molecule has 2 aliphatic rings. The van der Waals surface area contributed by atoms with Crippen LogP contribution in [0.25, 0.3) is 0 Å². The Kier molecular flexibility index (Phi) is 25.3. The lowest BCUT2D eigenvalue weighted by Crippen LogP contribution is -2.24. The monoisotopic (exact) mass is 951 g/mol. The van der Waals surface area contributed by atoms with E-state index >= 15 is 0 Å². The minimum absolute atomic E-state index is 0.00398. The molecule has 17 N–H and O–H groups in total. The van der Waals surface area contributed by atoms with Crippen LogP contribution in [0.4, 0.5) is 0 Å². The van der Waals surface area contributed by atoms with E-state index in [0.717, 1.165) is 58.5 Å². The smallest absolute Gasteiger partial charge is 0.0982 e. The standard InChI is InChI=1S/2C14H15NO.C9H11NO.C9H13NO.C8H11NO.C4H9NO/c2*15-13(11-7-3-1-4-8-11)14(16)12-9-5-2-6-10-12;10-9-7-4-2-1-3-6(7)5-8(9)11;1-7(10)9(11)8-5-3-2-4-6-8;9-8(6-10)7-4-2-1-3-5-7;6-4-1-2-5-3-4/h2*1-10,13-14,16H,15H2;1-4,8-9,11H,5,10H2;2-7,9,11H,10H2,1H3;1-5,8,10H,6,9H2;4-6H,1-3H2. The molecule has 0 amide bonds. The SMILES string of the molecule is CC(N)C(O)c1ccccc1.NC(CO)c1ccccc1.NC(c1ccccc1)C(O)c1ccccc1.NC(c1ccccc1)C(O)c1ccccc1.NC1c2ccccc2CC1O.OC1CCNC1. The highest BCUT2D eigenvalue weighted by molar-refractivity contribution is 5.36. The van der Waals surface area contributed by atoms with Crippen LogP contribution in [0.3, 0.4) is 0 Å². The van der Waals surface area contributed by atoms with E-state index in [4.69, 9.17) is 38.9 Å². The van der Waals surface area contributed by atoms with E-state index in [1.807, 2.05) is 206 Å². The van der Waals surface area contributed by atoms with Gasteiger partial charge in [-0.25, -0.2) is 0 Å². The molecule has 9 rings (SSSR count). The molecule has 0 saturated carbocycles. The van der Waals surface area contributed by atoms with Crippen molar-refractivity contribution in [2.45, 2.75) is 80.5 Å². The summed E-state index contributed by atoms with van der Waals surface area (Å²) in [6.07, 6.45) is -0.682. The van der Waals surface area contributed by atoms with Crippen LogP contribution in [0, 0.1) is 0 Å². The normalized spacial score (nSPS) is 18.4. The Balaban J connectivity index is 0.000000187. The molecule has 1 heterocycles. The predicted octanol–water partition coefficient (Wildman–Crippen LogP) is 6.53. The molecule has 7 aromatic rings. The van der Waals surface area contributed by atoms with E-state index in [2.05, 4.69) is 5.32 Å². The molecule has 0 bridgehead atoms. The summed E-state index contributed by atoms with van der Waals surface area (Å²) < 4.78 is 0. The molecule has 12 nitrogen and oxygen atoms in total. The van der Waals surface area contributed by atoms with Gasteiger partial charge in [0.25, 0.3) is 0 Å². The first-order chi connectivity index (χ1) is 33.8.